The van der Waals surface area contributed by atoms with E-state index in [4.69, 9.17) is 4.74 Å². The first kappa shape index (κ1) is 29.3. The zero-order valence-electron chi connectivity index (χ0n) is 22.2. The summed E-state index contributed by atoms with van der Waals surface area (Å²) in [5, 5.41) is 10.8. The highest BCUT2D eigenvalue weighted by molar-refractivity contribution is 5.93. The van der Waals surface area contributed by atoms with Crippen molar-refractivity contribution in [2.75, 3.05) is 6.54 Å². The van der Waals surface area contributed by atoms with Gasteiger partial charge in [0.1, 0.15) is 25.0 Å². The molecule has 2 aromatic rings. The van der Waals surface area contributed by atoms with Crippen LogP contribution in [0.5, 0.6) is 0 Å². The van der Waals surface area contributed by atoms with E-state index in [1.54, 1.807) is 44.2 Å². The smallest absolute Gasteiger partial charge is 0.408 e. The van der Waals surface area contributed by atoms with E-state index in [0.29, 0.717) is 24.8 Å². The second kappa shape index (κ2) is 14.7. The second-order valence-corrected chi connectivity index (χ2v) is 9.90. The van der Waals surface area contributed by atoms with Crippen molar-refractivity contribution in [3.63, 3.8) is 0 Å². The summed E-state index contributed by atoms with van der Waals surface area (Å²) < 4.78 is 5.26. The van der Waals surface area contributed by atoms with Crippen LogP contribution in [0.15, 0.2) is 60.7 Å². The molecule has 0 radical (unpaired) electrons. The highest BCUT2D eigenvalue weighted by atomic mass is 16.5. The number of hydrogen-bond acceptors (Lipinski definition) is 6. The van der Waals surface area contributed by atoms with Gasteiger partial charge in [-0.3, -0.25) is 14.4 Å². The fourth-order valence-corrected chi connectivity index (χ4v) is 4.39. The number of piperidine rings is 1. The quantitative estimate of drug-likeness (QED) is 0.307. The van der Waals surface area contributed by atoms with Gasteiger partial charge >= 0.3 is 6.09 Å². The lowest BCUT2D eigenvalue weighted by atomic mass is 9.91. The molecule has 1 saturated heterocycles. The topological polar surface area (TPSA) is 143 Å². The number of carbonyl (C=O) groups excluding carboxylic acids is 5. The van der Waals surface area contributed by atoms with Gasteiger partial charge in [0.2, 0.25) is 17.7 Å². The molecule has 10 nitrogen and oxygen atoms in total. The van der Waals surface area contributed by atoms with E-state index in [-0.39, 0.29) is 30.8 Å². The van der Waals surface area contributed by atoms with Gasteiger partial charge in [0.05, 0.1) is 6.04 Å². The van der Waals surface area contributed by atoms with Gasteiger partial charge in [-0.1, -0.05) is 74.5 Å². The van der Waals surface area contributed by atoms with Crippen molar-refractivity contribution in [3.8, 4) is 0 Å². The Morgan fingerprint density at radius 2 is 1.64 bits per heavy atom. The van der Waals surface area contributed by atoms with Gasteiger partial charge in [0, 0.05) is 12.5 Å². The largest absolute Gasteiger partial charge is 0.445 e. The van der Waals surface area contributed by atoms with Gasteiger partial charge in [-0.05, 0) is 36.3 Å². The predicted molar refractivity (Wildman–Crippen MR) is 144 cm³/mol. The standard InChI is InChI=1S/C29H36N4O6/c1-19(2)24(33-29(38)39-18-20-10-5-3-6-11-20)27(36)32-25(21-12-7-4-8-13-21)28(37)31-23(17-34)16-22-14-9-15-30-26(22)35/h3-8,10-13,17,19,22-25H,9,14-16,18H2,1-2H3,(H,30,35)(H,31,37)(H,32,36)(H,33,38)/t22?,23-,24-,25-/m0/s1. The summed E-state index contributed by atoms with van der Waals surface area (Å²) >= 11 is 0. The van der Waals surface area contributed by atoms with Crippen molar-refractivity contribution in [1.29, 1.82) is 0 Å². The second-order valence-electron chi connectivity index (χ2n) is 9.90. The highest BCUT2D eigenvalue weighted by Gasteiger charge is 2.32. The molecule has 10 heteroatoms. The molecular weight excluding hydrogens is 500 g/mol. The van der Waals surface area contributed by atoms with Gasteiger partial charge in [-0.25, -0.2) is 4.79 Å². The van der Waals surface area contributed by atoms with Crippen LogP contribution in [0, 0.1) is 11.8 Å². The van der Waals surface area contributed by atoms with Crippen LogP contribution >= 0.6 is 0 Å². The zero-order valence-corrected chi connectivity index (χ0v) is 22.2. The Hall–Kier alpha value is -4.21. The number of aldehydes is 1. The Kier molecular flexibility index (Phi) is 11.0. The molecule has 0 aromatic heterocycles. The van der Waals surface area contributed by atoms with Crippen LogP contribution in [0.4, 0.5) is 4.79 Å². The van der Waals surface area contributed by atoms with Crippen molar-refractivity contribution in [2.45, 2.75) is 57.8 Å². The average molecular weight is 537 g/mol. The van der Waals surface area contributed by atoms with Crippen molar-refractivity contribution in [1.82, 2.24) is 21.3 Å². The van der Waals surface area contributed by atoms with E-state index < -0.39 is 36.0 Å². The van der Waals surface area contributed by atoms with E-state index in [1.165, 1.54) is 0 Å². The summed E-state index contributed by atoms with van der Waals surface area (Å²) in [6.07, 6.45) is 1.44. The van der Waals surface area contributed by atoms with E-state index in [1.807, 2.05) is 30.3 Å². The predicted octanol–water partition coefficient (Wildman–Crippen LogP) is 2.39. The Labute approximate surface area is 228 Å². The Bertz CT molecular complexity index is 1130. The van der Waals surface area contributed by atoms with Gasteiger partial charge in [0.15, 0.2) is 0 Å². The fraction of sp³-hybridized carbons (Fsp3) is 0.414. The molecule has 0 saturated carbocycles. The Balaban J connectivity index is 1.68. The molecule has 1 heterocycles. The molecule has 0 spiro atoms. The maximum atomic E-state index is 13.3. The molecule has 0 aliphatic carbocycles. The summed E-state index contributed by atoms with van der Waals surface area (Å²) in [6.45, 7) is 4.16. The van der Waals surface area contributed by atoms with Crippen molar-refractivity contribution >= 4 is 30.1 Å². The molecule has 39 heavy (non-hydrogen) atoms. The molecule has 3 rings (SSSR count). The van der Waals surface area contributed by atoms with Crippen LogP contribution in [0.2, 0.25) is 0 Å². The molecule has 2 aromatic carbocycles. The minimum absolute atomic E-state index is 0.0419. The van der Waals surface area contributed by atoms with Crippen LogP contribution in [-0.4, -0.2) is 48.7 Å². The van der Waals surface area contributed by atoms with E-state index >= 15 is 0 Å². The fourth-order valence-electron chi connectivity index (χ4n) is 4.39. The van der Waals surface area contributed by atoms with Crippen molar-refractivity contribution < 1.29 is 28.7 Å². The van der Waals surface area contributed by atoms with Crippen molar-refractivity contribution in [2.24, 2.45) is 11.8 Å². The molecular formula is C29H36N4O6. The minimum Gasteiger partial charge on any atom is -0.445 e. The average Bonchev–Trinajstić information content (AvgIpc) is 2.94. The Morgan fingerprint density at radius 1 is 0.974 bits per heavy atom. The number of rotatable bonds is 12. The minimum atomic E-state index is -1.13. The number of amides is 4. The summed E-state index contributed by atoms with van der Waals surface area (Å²) in [5.41, 5.74) is 1.30. The third kappa shape index (κ3) is 8.94. The van der Waals surface area contributed by atoms with Crippen LogP contribution in [0.3, 0.4) is 0 Å². The van der Waals surface area contributed by atoms with Gasteiger partial charge in [-0.15, -0.1) is 0 Å². The first-order valence-electron chi connectivity index (χ1n) is 13.1. The van der Waals surface area contributed by atoms with Crippen molar-refractivity contribution in [3.05, 3.63) is 71.8 Å². The third-order valence-corrected chi connectivity index (χ3v) is 6.55. The van der Waals surface area contributed by atoms with E-state index in [2.05, 4.69) is 21.3 Å². The molecule has 4 amide bonds. The monoisotopic (exact) mass is 536 g/mol. The number of nitrogens with one attached hydrogen (secondary N) is 4. The van der Waals surface area contributed by atoms with E-state index in [0.717, 1.165) is 12.0 Å². The molecule has 4 N–H and O–H groups in total. The number of carbonyl (C=O) groups is 5. The summed E-state index contributed by atoms with van der Waals surface area (Å²) in [4.78, 5) is 63.1. The van der Waals surface area contributed by atoms with E-state index in [9.17, 15) is 24.0 Å². The number of hydrogen-bond donors (Lipinski definition) is 4. The van der Waals surface area contributed by atoms with Crippen LogP contribution < -0.4 is 21.3 Å². The number of benzene rings is 2. The first-order chi connectivity index (χ1) is 18.8. The zero-order chi connectivity index (χ0) is 28.2. The molecule has 1 aliphatic rings. The third-order valence-electron chi connectivity index (χ3n) is 6.55. The maximum absolute atomic E-state index is 13.3. The lowest BCUT2D eigenvalue weighted by Crippen LogP contribution is -2.53. The first-order valence-corrected chi connectivity index (χ1v) is 13.1. The highest BCUT2D eigenvalue weighted by Crippen LogP contribution is 2.19. The normalized spacial score (nSPS) is 17.2. The molecule has 4 atom stereocenters. The molecule has 1 fully saturated rings. The van der Waals surface area contributed by atoms with Crippen LogP contribution in [0.1, 0.15) is 50.3 Å². The Morgan fingerprint density at radius 3 is 2.26 bits per heavy atom. The molecule has 208 valence electrons. The maximum Gasteiger partial charge on any atom is 0.408 e. The van der Waals surface area contributed by atoms with Crippen LogP contribution in [-0.2, 0) is 30.5 Å². The molecule has 1 aliphatic heterocycles. The van der Waals surface area contributed by atoms with Gasteiger partial charge in [-0.2, -0.15) is 0 Å². The summed E-state index contributed by atoms with van der Waals surface area (Å²) in [7, 11) is 0. The lowest BCUT2D eigenvalue weighted by Gasteiger charge is -2.27. The summed E-state index contributed by atoms with van der Waals surface area (Å²) in [6, 6.07) is 14.7. The number of ether oxygens (including phenoxy) is 1. The molecule has 1 unspecified atom stereocenters. The van der Waals surface area contributed by atoms with Gasteiger partial charge < -0.3 is 30.8 Å². The summed E-state index contributed by atoms with van der Waals surface area (Å²) in [5.74, 6) is -2.02. The SMILES string of the molecule is CC(C)[C@H](NC(=O)OCc1ccccc1)C(=O)N[C@H](C(=O)N[C@H](C=O)CC1CCCNC1=O)c1ccccc1. The van der Waals surface area contributed by atoms with Gasteiger partial charge in [0.25, 0.3) is 0 Å². The number of alkyl carbamates (subject to hydrolysis) is 1. The lowest BCUT2D eigenvalue weighted by molar-refractivity contribution is -0.132. The van der Waals surface area contributed by atoms with Crippen LogP contribution in [0.25, 0.3) is 0 Å². The molecule has 0 bridgehead atoms.